The van der Waals surface area contributed by atoms with E-state index in [4.69, 9.17) is 4.74 Å². The second-order valence-corrected chi connectivity index (χ2v) is 6.30. The van der Waals surface area contributed by atoms with Crippen LogP contribution in [0.15, 0.2) is 42.6 Å². The molecule has 0 bridgehead atoms. The molecule has 0 aliphatic carbocycles. The van der Waals surface area contributed by atoms with Gasteiger partial charge in [-0.15, -0.1) is 0 Å². The molecule has 1 atom stereocenters. The minimum absolute atomic E-state index is 0.150. The number of carbonyl (C=O) groups excluding carboxylic acids is 3. The van der Waals surface area contributed by atoms with E-state index in [2.05, 4.69) is 10.6 Å². The van der Waals surface area contributed by atoms with E-state index in [1.54, 1.807) is 31.4 Å². The van der Waals surface area contributed by atoms with E-state index in [1.807, 2.05) is 29.9 Å². The number of anilines is 1. The summed E-state index contributed by atoms with van der Waals surface area (Å²) < 4.78 is 7.00. The smallest absolute Gasteiger partial charge is 0.329 e. The van der Waals surface area contributed by atoms with Crippen molar-refractivity contribution in [2.45, 2.75) is 25.4 Å². The number of imide groups is 1. The number of rotatable bonds is 7. The van der Waals surface area contributed by atoms with Crippen LogP contribution >= 0.6 is 0 Å². The van der Waals surface area contributed by atoms with E-state index in [-0.39, 0.29) is 24.7 Å². The van der Waals surface area contributed by atoms with Gasteiger partial charge < -0.3 is 19.9 Å². The topological polar surface area (TPSA) is 92.7 Å². The maximum Gasteiger partial charge on any atom is 0.329 e. The highest BCUT2D eigenvalue weighted by atomic mass is 16.5. The van der Waals surface area contributed by atoms with E-state index < -0.39 is 12.1 Å². The Hall–Kier alpha value is -3.29. The number of nitrogens with one attached hydrogen (secondary N) is 2. The number of carbonyl (C=O) groups is 3. The number of methoxy groups -OCH3 is 1. The lowest BCUT2D eigenvalue weighted by Gasteiger charge is -2.13. The number of ether oxygens (including phenoxy) is 1. The van der Waals surface area contributed by atoms with Gasteiger partial charge in [-0.2, -0.15) is 0 Å². The lowest BCUT2D eigenvalue weighted by molar-refractivity contribution is -0.122. The van der Waals surface area contributed by atoms with Crippen LogP contribution in [0.2, 0.25) is 0 Å². The number of amides is 4. The maximum atomic E-state index is 12.5. The van der Waals surface area contributed by atoms with Crippen LogP contribution in [0.5, 0.6) is 5.75 Å². The molecular weight excluding hydrogens is 348 g/mol. The minimum atomic E-state index is -0.708. The monoisotopic (exact) mass is 370 g/mol. The first-order chi connectivity index (χ1) is 13.0. The summed E-state index contributed by atoms with van der Waals surface area (Å²) in [6, 6.07) is 9.28. The number of urea groups is 1. The fourth-order valence-corrected chi connectivity index (χ4v) is 2.94. The van der Waals surface area contributed by atoms with Crippen molar-refractivity contribution in [2.75, 3.05) is 12.0 Å². The number of aryl methyl sites for hydroxylation is 1. The van der Waals surface area contributed by atoms with Gasteiger partial charge in [0.1, 0.15) is 11.8 Å². The third-order valence-electron chi connectivity index (χ3n) is 4.53. The van der Waals surface area contributed by atoms with Gasteiger partial charge >= 0.3 is 6.03 Å². The molecule has 4 amide bonds. The second-order valence-electron chi connectivity index (χ2n) is 6.30. The lowest BCUT2D eigenvalue weighted by atomic mass is 10.1. The van der Waals surface area contributed by atoms with Gasteiger partial charge in [-0.25, -0.2) is 9.69 Å². The molecule has 0 saturated carbocycles. The van der Waals surface area contributed by atoms with Crippen LogP contribution in [0.3, 0.4) is 0 Å². The highest BCUT2D eigenvalue weighted by Gasteiger charge is 2.38. The third kappa shape index (κ3) is 4.11. The first-order valence-electron chi connectivity index (χ1n) is 8.65. The van der Waals surface area contributed by atoms with Gasteiger partial charge in [-0.05, 0) is 42.8 Å². The quantitative estimate of drug-likeness (QED) is 0.724. The summed E-state index contributed by atoms with van der Waals surface area (Å²) in [4.78, 5) is 37.9. The first-order valence-corrected chi connectivity index (χ1v) is 8.65. The van der Waals surface area contributed by atoms with Crippen LogP contribution in [0, 0.1) is 0 Å². The second kappa shape index (κ2) is 7.94. The highest BCUT2D eigenvalue weighted by Crippen LogP contribution is 2.23. The van der Waals surface area contributed by atoms with Crippen LogP contribution in [-0.4, -0.2) is 35.6 Å². The third-order valence-corrected chi connectivity index (χ3v) is 4.53. The van der Waals surface area contributed by atoms with Gasteiger partial charge in [-0.1, -0.05) is 0 Å². The van der Waals surface area contributed by atoms with Crippen molar-refractivity contribution >= 4 is 23.5 Å². The Balaban J connectivity index is 1.53. The molecule has 1 aromatic heterocycles. The normalized spacial score (nSPS) is 16.4. The predicted octanol–water partition coefficient (Wildman–Crippen LogP) is 1.56. The maximum absolute atomic E-state index is 12.5. The molecule has 0 spiro atoms. The molecule has 27 heavy (non-hydrogen) atoms. The molecule has 1 saturated heterocycles. The zero-order valence-electron chi connectivity index (χ0n) is 15.3. The van der Waals surface area contributed by atoms with E-state index in [0.29, 0.717) is 18.0 Å². The Labute approximate surface area is 157 Å². The number of nitrogens with zero attached hydrogens (tertiary/aromatic N) is 2. The lowest BCUT2D eigenvalue weighted by Crippen LogP contribution is -2.32. The highest BCUT2D eigenvalue weighted by molar-refractivity contribution is 6.21. The molecule has 1 aliphatic rings. The number of benzene rings is 1. The zero-order chi connectivity index (χ0) is 19.4. The average Bonchev–Trinajstić information content (AvgIpc) is 3.20. The van der Waals surface area contributed by atoms with Crippen molar-refractivity contribution in [3.05, 3.63) is 48.3 Å². The largest absolute Gasteiger partial charge is 0.497 e. The Morgan fingerprint density at radius 2 is 1.96 bits per heavy atom. The van der Waals surface area contributed by atoms with Gasteiger partial charge in [0, 0.05) is 25.4 Å². The van der Waals surface area contributed by atoms with Crippen molar-refractivity contribution < 1.29 is 19.1 Å². The van der Waals surface area contributed by atoms with Crippen LogP contribution in [-0.2, 0) is 23.2 Å². The summed E-state index contributed by atoms with van der Waals surface area (Å²) in [5, 5.41) is 5.46. The SMILES string of the molecule is COc1ccc(N2C(=O)N[C@H](CCC(=O)NCc3cccn3C)C2=O)cc1. The number of hydrogen-bond donors (Lipinski definition) is 2. The van der Waals surface area contributed by atoms with Crippen molar-refractivity contribution in [3.8, 4) is 5.75 Å². The minimum Gasteiger partial charge on any atom is -0.497 e. The van der Waals surface area contributed by atoms with Crippen molar-refractivity contribution in [1.82, 2.24) is 15.2 Å². The van der Waals surface area contributed by atoms with E-state index in [9.17, 15) is 14.4 Å². The summed E-state index contributed by atoms with van der Waals surface area (Å²) >= 11 is 0. The van der Waals surface area contributed by atoms with Crippen LogP contribution < -0.4 is 20.3 Å². The van der Waals surface area contributed by atoms with Crippen molar-refractivity contribution in [2.24, 2.45) is 7.05 Å². The van der Waals surface area contributed by atoms with Gasteiger partial charge in [0.2, 0.25) is 5.91 Å². The molecule has 8 heteroatoms. The Bertz CT molecular complexity index is 844. The molecule has 3 rings (SSSR count). The van der Waals surface area contributed by atoms with Gasteiger partial charge in [-0.3, -0.25) is 9.59 Å². The summed E-state index contributed by atoms with van der Waals surface area (Å²) in [6.45, 7) is 0.422. The Kier molecular flexibility index (Phi) is 5.44. The molecule has 1 aromatic carbocycles. The van der Waals surface area contributed by atoms with E-state index >= 15 is 0 Å². The molecule has 2 N–H and O–H groups in total. The molecule has 2 heterocycles. The van der Waals surface area contributed by atoms with Crippen molar-refractivity contribution in [3.63, 3.8) is 0 Å². The number of hydrogen-bond acceptors (Lipinski definition) is 4. The molecule has 142 valence electrons. The van der Waals surface area contributed by atoms with Gasteiger partial charge in [0.15, 0.2) is 0 Å². The summed E-state index contributed by atoms with van der Waals surface area (Å²) in [7, 11) is 3.45. The molecule has 1 aliphatic heterocycles. The number of aromatic nitrogens is 1. The average molecular weight is 370 g/mol. The van der Waals surface area contributed by atoms with Crippen LogP contribution in [0.25, 0.3) is 0 Å². The summed E-state index contributed by atoms with van der Waals surface area (Å²) in [6.07, 6.45) is 2.30. The summed E-state index contributed by atoms with van der Waals surface area (Å²) in [5.41, 5.74) is 1.45. The standard InChI is InChI=1S/C19H22N4O4/c1-22-11-3-4-14(22)12-20-17(24)10-9-16-18(25)23(19(26)21-16)13-5-7-15(27-2)8-6-13/h3-8,11,16H,9-10,12H2,1-2H3,(H,20,24)(H,21,26)/t16-/m1/s1. The predicted molar refractivity (Wildman–Crippen MR) is 99.3 cm³/mol. The van der Waals surface area contributed by atoms with Crippen LogP contribution in [0.4, 0.5) is 10.5 Å². The Morgan fingerprint density at radius 3 is 2.59 bits per heavy atom. The van der Waals surface area contributed by atoms with Crippen LogP contribution in [0.1, 0.15) is 18.5 Å². The first kappa shape index (κ1) is 18.5. The molecule has 1 fully saturated rings. The Morgan fingerprint density at radius 1 is 1.22 bits per heavy atom. The zero-order valence-corrected chi connectivity index (χ0v) is 15.3. The fourth-order valence-electron chi connectivity index (χ4n) is 2.94. The molecule has 8 nitrogen and oxygen atoms in total. The van der Waals surface area contributed by atoms with Crippen molar-refractivity contribution in [1.29, 1.82) is 0 Å². The summed E-state index contributed by atoms with van der Waals surface area (Å²) in [5.74, 6) is 0.110. The molecular formula is C19H22N4O4. The molecule has 0 unspecified atom stereocenters. The molecule has 0 radical (unpaired) electrons. The molecule has 2 aromatic rings. The fraction of sp³-hybridized carbons (Fsp3) is 0.316. The van der Waals surface area contributed by atoms with Gasteiger partial charge in [0.05, 0.1) is 19.3 Å². The van der Waals surface area contributed by atoms with E-state index in [1.165, 1.54) is 0 Å². The van der Waals surface area contributed by atoms with Gasteiger partial charge in [0.25, 0.3) is 5.91 Å². The van der Waals surface area contributed by atoms with E-state index in [0.717, 1.165) is 10.6 Å².